The van der Waals surface area contributed by atoms with Crippen molar-refractivity contribution in [3.8, 4) is 11.8 Å². The topological polar surface area (TPSA) is 95.8 Å². The Morgan fingerprint density at radius 1 is 1.00 bits per heavy atom. The van der Waals surface area contributed by atoms with Crippen LogP contribution in [-0.2, 0) is 13.1 Å². The van der Waals surface area contributed by atoms with E-state index < -0.39 is 0 Å². The molecule has 2 heterocycles. The van der Waals surface area contributed by atoms with Gasteiger partial charge in [0.2, 0.25) is 0 Å². The van der Waals surface area contributed by atoms with Crippen LogP contribution in [0.25, 0.3) is 10.8 Å². The van der Waals surface area contributed by atoms with Crippen LogP contribution < -0.4 is 15.4 Å². The molecule has 0 saturated carbocycles. The number of hydrogen-bond donors (Lipinski definition) is 2. The summed E-state index contributed by atoms with van der Waals surface area (Å²) in [6.07, 6.45) is 5.19. The van der Waals surface area contributed by atoms with Gasteiger partial charge in [0.15, 0.2) is 5.82 Å². The fraction of sp³-hybridized carbons (Fsp3) is 0.130. The summed E-state index contributed by atoms with van der Waals surface area (Å²) in [5, 5.41) is 26.8. The van der Waals surface area contributed by atoms with Crippen LogP contribution in [0.15, 0.2) is 61.1 Å². The second kappa shape index (κ2) is 9.28. The van der Waals surface area contributed by atoms with Gasteiger partial charge in [-0.15, -0.1) is 5.10 Å². The zero-order chi connectivity index (χ0) is 21.6. The molecule has 0 radical (unpaired) electrons. The van der Waals surface area contributed by atoms with Crippen molar-refractivity contribution in [3.05, 3.63) is 82.8 Å². The van der Waals surface area contributed by atoms with Crippen molar-refractivity contribution in [3.63, 3.8) is 0 Å². The van der Waals surface area contributed by atoms with Crippen molar-refractivity contribution in [2.45, 2.75) is 13.1 Å². The number of ether oxygens (including phenoxy) is 1. The van der Waals surface area contributed by atoms with Gasteiger partial charge in [0.1, 0.15) is 5.75 Å². The van der Waals surface area contributed by atoms with Crippen LogP contribution in [0.2, 0.25) is 5.02 Å². The van der Waals surface area contributed by atoms with Crippen molar-refractivity contribution in [1.82, 2.24) is 15.2 Å². The third-order valence-corrected chi connectivity index (χ3v) is 5.11. The molecule has 0 unspecified atom stereocenters. The average molecular weight is 431 g/mol. The predicted octanol–water partition coefficient (Wildman–Crippen LogP) is 4.78. The number of fused-ring (bicyclic) bond motifs is 1. The van der Waals surface area contributed by atoms with Gasteiger partial charge < -0.3 is 15.4 Å². The van der Waals surface area contributed by atoms with Crippen LogP contribution in [0, 0.1) is 11.3 Å². The Morgan fingerprint density at radius 2 is 1.81 bits per heavy atom. The number of methoxy groups -OCH3 is 1. The molecule has 0 aliphatic heterocycles. The molecule has 0 fully saturated rings. The van der Waals surface area contributed by atoms with E-state index in [2.05, 4.69) is 31.9 Å². The van der Waals surface area contributed by atoms with Gasteiger partial charge in [-0.3, -0.25) is 4.98 Å². The third-order valence-electron chi connectivity index (χ3n) is 4.82. The molecule has 7 nitrogen and oxygen atoms in total. The van der Waals surface area contributed by atoms with Crippen LogP contribution in [0.4, 0.5) is 11.5 Å². The van der Waals surface area contributed by atoms with Gasteiger partial charge in [-0.2, -0.15) is 10.4 Å². The second-order valence-electron chi connectivity index (χ2n) is 6.82. The molecule has 0 amide bonds. The number of nitrogens with zero attached hydrogens (tertiary/aromatic N) is 4. The van der Waals surface area contributed by atoms with Crippen molar-refractivity contribution in [2.75, 3.05) is 17.7 Å². The number of anilines is 2. The maximum atomic E-state index is 9.52. The van der Waals surface area contributed by atoms with Crippen molar-refractivity contribution < 1.29 is 4.74 Å². The number of rotatable bonds is 7. The Morgan fingerprint density at radius 3 is 2.55 bits per heavy atom. The van der Waals surface area contributed by atoms with E-state index in [-0.39, 0.29) is 0 Å². The Balaban J connectivity index is 1.62. The van der Waals surface area contributed by atoms with Gasteiger partial charge in [0.25, 0.3) is 0 Å². The molecular weight excluding hydrogens is 412 g/mol. The predicted molar refractivity (Wildman–Crippen MR) is 121 cm³/mol. The van der Waals surface area contributed by atoms with Gasteiger partial charge in [0, 0.05) is 41.9 Å². The van der Waals surface area contributed by atoms with Gasteiger partial charge in [-0.1, -0.05) is 17.7 Å². The standard InChI is InChI=1S/C23H19ClN6O/c1-31-22-3-2-16(9-20(22)24)13-28-23-18-8-17(11-25)10-21(19(18)14-29-30-23)27-12-15-4-6-26-7-5-15/h2-10,14,27H,12-13H2,1H3,(H,28,30). The molecule has 154 valence electrons. The summed E-state index contributed by atoms with van der Waals surface area (Å²) in [5.74, 6) is 1.22. The third kappa shape index (κ3) is 4.65. The molecule has 0 bridgehead atoms. The molecule has 0 atom stereocenters. The van der Waals surface area contributed by atoms with E-state index in [1.54, 1.807) is 25.7 Å². The summed E-state index contributed by atoms with van der Waals surface area (Å²) in [6.45, 7) is 1.09. The summed E-state index contributed by atoms with van der Waals surface area (Å²) in [4.78, 5) is 4.04. The number of benzene rings is 2. The Kier molecular flexibility index (Phi) is 6.11. The number of aromatic nitrogens is 3. The summed E-state index contributed by atoms with van der Waals surface area (Å²) in [5.41, 5.74) is 3.41. The molecule has 31 heavy (non-hydrogen) atoms. The van der Waals surface area contributed by atoms with Crippen molar-refractivity contribution in [2.24, 2.45) is 0 Å². The van der Waals surface area contributed by atoms with Gasteiger partial charge in [-0.05, 0) is 47.5 Å². The highest BCUT2D eigenvalue weighted by molar-refractivity contribution is 6.32. The largest absolute Gasteiger partial charge is 0.495 e. The first kappa shape index (κ1) is 20.4. The first-order valence-corrected chi connectivity index (χ1v) is 9.94. The monoisotopic (exact) mass is 430 g/mol. The minimum Gasteiger partial charge on any atom is -0.495 e. The minimum atomic E-state index is 0.494. The van der Waals surface area contributed by atoms with E-state index in [0.29, 0.717) is 35.2 Å². The normalized spacial score (nSPS) is 10.5. The molecule has 0 saturated heterocycles. The van der Waals surface area contributed by atoms with Crippen molar-refractivity contribution >= 4 is 33.9 Å². The van der Waals surface area contributed by atoms with Crippen LogP contribution >= 0.6 is 11.6 Å². The zero-order valence-corrected chi connectivity index (χ0v) is 17.5. The van der Waals surface area contributed by atoms with Gasteiger partial charge in [0.05, 0.1) is 30.0 Å². The van der Waals surface area contributed by atoms with E-state index in [1.165, 1.54) is 0 Å². The lowest BCUT2D eigenvalue weighted by molar-refractivity contribution is 0.415. The van der Waals surface area contributed by atoms with Crippen LogP contribution in [0.1, 0.15) is 16.7 Å². The maximum Gasteiger partial charge on any atom is 0.156 e. The smallest absolute Gasteiger partial charge is 0.156 e. The van der Waals surface area contributed by atoms with E-state index >= 15 is 0 Å². The van der Waals surface area contributed by atoms with Gasteiger partial charge in [-0.25, -0.2) is 0 Å². The van der Waals surface area contributed by atoms with E-state index in [4.69, 9.17) is 16.3 Å². The molecule has 4 aromatic rings. The lowest BCUT2D eigenvalue weighted by Crippen LogP contribution is -2.05. The van der Waals surface area contributed by atoms with Crippen LogP contribution in [0.3, 0.4) is 0 Å². The fourth-order valence-electron chi connectivity index (χ4n) is 3.23. The number of nitriles is 1. The second-order valence-corrected chi connectivity index (χ2v) is 7.23. The summed E-state index contributed by atoms with van der Waals surface area (Å²) in [7, 11) is 1.58. The SMILES string of the molecule is COc1ccc(CNc2nncc3c(NCc4ccncc4)cc(C#N)cc23)cc1Cl. The summed E-state index contributed by atoms with van der Waals surface area (Å²) >= 11 is 6.22. The van der Waals surface area contributed by atoms with E-state index in [0.717, 1.165) is 27.6 Å². The molecule has 8 heteroatoms. The highest BCUT2D eigenvalue weighted by Crippen LogP contribution is 2.30. The molecule has 0 aliphatic carbocycles. The Labute approximate surface area is 184 Å². The highest BCUT2D eigenvalue weighted by atomic mass is 35.5. The molecule has 2 aromatic carbocycles. The summed E-state index contributed by atoms with van der Waals surface area (Å²) < 4.78 is 5.20. The lowest BCUT2D eigenvalue weighted by Gasteiger charge is -2.13. The van der Waals surface area contributed by atoms with Gasteiger partial charge >= 0.3 is 0 Å². The number of nitrogens with one attached hydrogen (secondary N) is 2. The quantitative estimate of drug-likeness (QED) is 0.435. The molecular formula is C23H19ClN6O. The molecule has 2 aromatic heterocycles. The average Bonchev–Trinajstić information content (AvgIpc) is 2.81. The van der Waals surface area contributed by atoms with E-state index in [1.807, 2.05) is 42.5 Å². The number of halogens is 1. The summed E-state index contributed by atoms with van der Waals surface area (Å²) in [6, 6.07) is 15.3. The zero-order valence-electron chi connectivity index (χ0n) is 16.8. The number of hydrogen-bond acceptors (Lipinski definition) is 7. The van der Waals surface area contributed by atoms with Crippen LogP contribution in [0.5, 0.6) is 5.75 Å². The highest BCUT2D eigenvalue weighted by Gasteiger charge is 2.11. The Bertz CT molecular complexity index is 1260. The van der Waals surface area contributed by atoms with Crippen LogP contribution in [-0.4, -0.2) is 22.3 Å². The molecule has 0 aliphatic rings. The lowest BCUT2D eigenvalue weighted by atomic mass is 10.1. The van der Waals surface area contributed by atoms with E-state index in [9.17, 15) is 5.26 Å². The fourth-order valence-corrected chi connectivity index (χ4v) is 3.51. The Hall–Kier alpha value is -3.89. The minimum absolute atomic E-state index is 0.494. The van der Waals surface area contributed by atoms with Crippen molar-refractivity contribution in [1.29, 1.82) is 5.26 Å². The number of pyridine rings is 1. The first-order chi connectivity index (χ1) is 15.2. The molecule has 2 N–H and O–H groups in total. The molecule has 0 spiro atoms. The first-order valence-electron chi connectivity index (χ1n) is 9.56. The maximum absolute atomic E-state index is 9.52. The molecule has 4 rings (SSSR count).